The molecular formula is C20H30N2O6. The van der Waals surface area contributed by atoms with Gasteiger partial charge in [-0.25, -0.2) is 0 Å². The van der Waals surface area contributed by atoms with Gasteiger partial charge in [0, 0.05) is 24.7 Å². The molecule has 1 amide bonds. The first-order valence-corrected chi connectivity index (χ1v) is 9.46. The minimum atomic E-state index is -0.178. The Hall–Kier alpha value is -2.48. The molecule has 0 aromatic heterocycles. The van der Waals surface area contributed by atoms with Gasteiger partial charge in [0.2, 0.25) is 5.91 Å². The summed E-state index contributed by atoms with van der Waals surface area (Å²) < 4.78 is 21.1. The van der Waals surface area contributed by atoms with Crippen molar-refractivity contribution in [2.24, 2.45) is 5.92 Å². The zero-order valence-corrected chi connectivity index (χ0v) is 17.1. The van der Waals surface area contributed by atoms with Crippen molar-refractivity contribution in [2.75, 3.05) is 47.6 Å². The molecule has 1 atom stereocenters. The fourth-order valence-corrected chi connectivity index (χ4v) is 3.34. The number of nitrogens with one attached hydrogen (secondary N) is 1. The average molecular weight is 394 g/mol. The summed E-state index contributed by atoms with van der Waals surface area (Å²) in [5, 5.41) is 2.91. The number of piperidine rings is 1. The van der Waals surface area contributed by atoms with Crippen LogP contribution >= 0.6 is 0 Å². The van der Waals surface area contributed by atoms with Crippen LogP contribution in [0.5, 0.6) is 17.2 Å². The van der Waals surface area contributed by atoms with Crippen LogP contribution in [0, 0.1) is 5.92 Å². The van der Waals surface area contributed by atoms with Gasteiger partial charge in [0.25, 0.3) is 0 Å². The molecular weight excluding hydrogens is 364 g/mol. The van der Waals surface area contributed by atoms with E-state index in [-0.39, 0.29) is 24.3 Å². The molecule has 8 heteroatoms. The second-order valence-electron chi connectivity index (χ2n) is 6.62. The molecule has 0 bridgehead atoms. The molecule has 1 aromatic rings. The van der Waals surface area contributed by atoms with Gasteiger partial charge in [0.1, 0.15) is 5.75 Å². The summed E-state index contributed by atoms with van der Waals surface area (Å²) >= 11 is 0. The lowest BCUT2D eigenvalue weighted by Gasteiger charge is -2.30. The van der Waals surface area contributed by atoms with Gasteiger partial charge in [-0.3, -0.25) is 14.5 Å². The van der Waals surface area contributed by atoms with E-state index in [4.69, 9.17) is 18.9 Å². The van der Waals surface area contributed by atoms with E-state index in [0.717, 1.165) is 24.9 Å². The van der Waals surface area contributed by atoms with Gasteiger partial charge in [-0.1, -0.05) is 0 Å². The highest BCUT2D eigenvalue weighted by Gasteiger charge is 2.27. The molecule has 1 aliphatic heterocycles. The number of benzene rings is 1. The number of methoxy groups -OCH3 is 3. The first kappa shape index (κ1) is 21.8. The molecule has 1 N–H and O–H groups in total. The van der Waals surface area contributed by atoms with Crippen molar-refractivity contribution in [1.29, 1.82) is 0 Å². The van der Waals surface area contributed by atoms with Gasteiger partial charge < -0.3 is 24.3 Å². The van der Waals surface area contributed by atoms with Crippen LogP contribution in [0.2, 0.25) is 0 Å². The zero-order chi connectivity index (χ0) is 20.5. The standard InChI is InChI=1S/C20H30N2O6/c1-5-28-20(24)14-7-6-8-22(12-14)13-19(23)21-11-15-9-17(26-3)18(27-4)10-16(15)25-2/h9-10,14H,5-8,11-13H2,1-4H3,(H,21,23). The fourth-order valence-electron chi connectivity index (χ4n) is 3.34. The largest absolute Gasteiger partial charge is 0.496 e. The SMILES string of the molecule is CCOC(=O)C1CCCN(CC(=O)NCc2cc(OC)c(OC)cc2OC)C1. The third kappa shape index (κ3) is 5.76. The molecule has 0 saturated carbocycles. The normalized spacial score (nSPS) is 16.9. The predicted molar refractivity (Wildman–Crippen MR) is 104 cm³/mol. The number of hydrogen-bond acceptors (Lipinski definition) is 7. The highest BCUT2D eigenvalue weighted by molar-refractivity contribution is 5.78. The highest BCUT2D eigenvalue weighted by Crippen LogP contribution is 2.34. The molecule has 2 rings (SSSR count). The lowest BCUT2D eigenvalue weighted by Crippen LogP contribution is -2.44. The first-order valence-electron chi connectivity index (χ1n) is 9.46. The Morgan fingerprint density at radius 1 is 1.11 bits per heavy atom. The first-order chi connectivity index (χ1) is 13.5. The van der Waals surface area contributed by atoms with Crippen molar-refractivity contribution < 1.29 is 28.5 Å². The van der Waals surface area contributed by atoms with Crippen molar-refractivity contribution in [3.63, 3.8) is 0 Å². The molecule has 28 heavy (non-hydrogen) atoms. The number of ether oxygens (including phenoxy) is 4. The van der Waals surface area contributed by atoms with Crippen LogP contribution < -0.4 is 19.5 Å². The minimum absolute atomic E-state index is 0.110. The van der Waals surface area contributed by atoms with Crippen molar-refractivity contribution >= 4 is 11.9 Å². The van der Waals surface area contributed by atoms with Gasteiger partial charge in [-0.05, 0) is 32.4 Å². The Labute approximate surface area is 166 Å². The van der Waals surface area contributed by atoms with Gasteiger partial charge in [0.05, 0.1) is 40.4 Å². The van der Waals surface area contributed by atoms with Crippen LogP contribution in [0.1, 0.15) is 25.3 Å². The average Bonchev–Trinajstić information content (AvgIpc) is 2.71. The maximum absolute atomic E-state index is 12.4. The topological polar surface area (TPSA) is 86.3 Å². The molecule has 0 spiro atoms. The number of nitrogens with zero attached hydrogens (tertiary/aromatic N) is 1. The number of rotatable bonds is 9. The molecule has 156 valence electrons. The van der Waals surface area contributed by atoms with Crippen LogP contribution in [0.15, 0.2) is 12.1 Å². The van der Waals surface area contributed by atoms with E-state index in [2.05, 4.69) is 5.32 Å². The monoisotopic (exact) mass is 394 g/mol. The molecule has 8 nitrogen and oxygen atoms in total. The summed E-state index contributed by atoms with van der Waals surface area (Å²) in [6.45, 7) is 4.06. The molecule has 1 heterocycles. The smallest absolute Gasteiger partial charge is 0.310 e. The molecule has 1 saturated heterocycles. The molecule has 1 unspecified atom stereocenters. The Morgan fingerprint density at radius 2 is 1.79 bits per heavy atom. The number of carbonyl (C=O) groups excluding carboxylic acids is 2. The molecule has 0 aliphatic carbocycles. The van der Waals surface area contributed by atoms with Crippen molar-refractivity contribution in [3.05, 3.63) is 17.7 Å². The van der Waals surface area contributed by atoms with Crippen molar-refractivity contribution in [2.45, 2.75) is 26.3 Å². The second-order valence-corrected chi connectivity index (χ2v) is 6.62. The van der Waals surface area contributed by atoms with Crippen LogP contribution in [0.4, 0.5) is 0 Å². The van der Waals surface area contributed by atoms with Crippen LogP contribution in [-0.4, -0.2) is 64.3 Å². The summed E-state index contributed by atoms with van der Waals surface area (Å²) in [6, 6.07) is 3.52. The van der Waals surface area contributed by atoms with E-state index in [1.165, 1.54) is 0 Å². The summed E-state index contributed by atoms with van der Waals surface area (Å²) in [6.07, 6.45) is 1.68. The summed E-state index contributed by atoms with van der Waals surface area (Å²) in [7, 11) is 4.68. The highest BCUT2D eigenvalue weighted by atomic mass is 16.5. The Balaban J connectivity index is 1.92. The Bertz CT molecular complexity index is 679. The maximum Gasteiger partial charge on any atom is 0.310 e. The number of hydrogen-bond donors (Lipinski definition) is 1. The lowest BCUT2D eigenvalue weighted by molar-refractivity contribution is -0.150. The lowest BCUT2D eigenvalue weighted by atomic mass is 9.98. The van der Waals surface area contributed by atoms with E-state index in [1.807, 2.05) is 4.90 Å². The van der Waals surface area contributed by atoms with Crippen molar-refractivity contribution in [3.8, 4) is 17.2 Å². The van der Waals surface area contributed by atoms with E-state index >= 15 is 0 Å². The van der Waals surface area contributed by atoms with Crippen LogP contribution in [-0.2, 0) is 20.9 Å². The van der Waals surface area contributed by atoms with Crippen LogP contribution in [0.25, 0.3) is 0 Å². The zero-order valence-electron chi connectivity index (χ0n) is 17.1. The van der Waals surface area contributed by atoms with Gasteiger partial charge in [0.15, 0.2) is 11.5 Å². The molecule has 1 aliphatic rings. The Morgan fingerprint density at radius 3 is 2.43 bits per heavy atom. The van der Waals surface area contributed by atoms with E-state index < -0.39 is 0 Å². The second kappa shape index (κ2) is 10.8. The van der Waals surface area contributed by atoms with E-state index in [9.17, 15) is 9.59 Å². The molecule has 1 fully saturated rings. The Kier molecular flexibility index (Phi) is 8.38. The third-order valence-electron chi connectivity index (χ3n) is 4.76. The molecule has 1 aromatic carbocycles. The quantitative estimate of drug-likeness (QED) is 0.637. The molecule has 0 radical (unpaired) electrons. The minimum Gasteiger partial charge on any atom is -0.496 e. The summed E-state index contributed by atoms with van der Waals surface area (Å²) in [4.78, 5) is 26.3. The number of carbonyl (C=O) groups is 2. The van der Waals surface area contributed by atoms with E-state index in [1.54, 1.807) is 40.4 Å². The number of amides is 1. The number of esters is 1. The summed E-state index contributed by atoms with van der Waals surface area (Å²) in [5.41, 5.74) is 0.788. The fraction of sp³-hybridized carbons (Fsp3) is 0.600. The van der Waals surface area contributed by atoms with Crippen molar-refractivity contribution in [1.82, 2.24) is 10.2 Å². The number of likely N-dealkylation sites (tertiary alicyclic amines) is 1. The van der Waals surface area contributed by atoms with Crippen LogP contribution in [0.3, 0.4) is 0 Å². The van der Waals surface area contributed by atoms with Gasteiger partial charge in [-0.2, -0.15) is 0 Å². The predicted octanol–water partition coefficient (Wildman–Crippen LogP) is 1.60. The van der Waals surface area contributed by atoms with Gasteiger partial charge >= 0.3 is 5.97 Å². The summed E-state index contributed by atoms with van der Waals surface area (Å²) in [5.74, 6) is 1.29. The third-order valence-corrected chi connectivity index (χ3v) is 4.76. The maximum atomic E-state index is 12.4. The van der Waals surface area contributed by atoms with E-state index in [0.29, 0.717) is 36.9 Å². The van der Waals surface area contributed by atoms with Gasteiger partial charge in [-0.15, -0.1) is 0 Å².